The molecule has 1 unspecified atom stereocenters. The van der Waals surface area contributed by atoms with Crippen LogP contribution in [0.2, 0.25) is 0 Å². The quantitative estimate of drug-likeness (QED) is 0.509. The fraction of sp³-hybridized carbons (Fsp3) is 0.533. The zero-order valence-electron chi connectivity index (χ0n) is 11.2. The van der Waals surface area contributed by atoms with Crippen LogP contribution in [0.25, 0.3) is 0 Å². The summed E-state index contributed by atoms with van der Waals surface area (Å²) in [5, 5.41) is 0.965. The molecular weight excluding hydrogens is 417 g/mol. The summed E-state index contributed by atoms with van der Waals surface area (Å²) in [7, 11) is 0. The Morgan fingerprint density at radius 2 is 2.26 bits per heavy atom. The molecule has 1 fully saturated rings. The maximum atomic E-state index is 12.8. The first-order chi connectivity index (χ1) is 9.15. The van der Waals surface area contributed by atoms with Crippen molar-refractivity contribution < 1.29 is 4.79 Å². The number of hydrogen-bond donors (Lipinski definition) is 0. The summed E-state index contributed by atoms with van der Waals surface area (Å²) in [5.41, 5.74) is 2.04. The summed E-state index contributed by atoms with van der Waals surface area (Å²) in [5.74, 6) is 0.207. The molecular formula is C15H19BrINO. The summed E-state index contributed by atoms with van der Waals surface area (Å²) in [6, 6.07) is 6.40. The van der Waals surface area contributed by atoms with E-state index in [0.717, 1.165) is 40.3 Å². The average Bonchev–Trinajstić information content (AvgIpc) is 2.42. The third-order valence-corrected chi connectivity index (χ3v) is 5.64. The van der Waals surface area contributed by atoms with Crippen molar-refractivity contribution in [1.82, 2.24) is 4.90 Å². The van der Waals surface area contributed by atoms with Gasteiger partial charge in [-0.15, -0.1) is 0 Å². The summed E-state index contributed by atoms with van der Waals surface area (Å²) in [6.07, 6.45) is 4.56. The van der Waals surface area contributed by atoms with Crippen molar-refractivity contribution in [2.24, 2.45) is 0 Å². The third kappa shape index (κ3) is 3.51. The van der Waals surface area contributed by atoms with Gasteiger partial charge in [-0.05, 0) is 66.8 Å². The molecule has 1 aromatic rings. The Balaban J connectivity index is 2.23. The van der Waals surface area contributed by atoms with Gasteiger partial charge in [-0.1, -0.05) is 28.1 Å². The Morgan fingerprint density at radius 3 is 3.00 bits per heavy atom. The lowest BCUT2D eigenvalue weighted by atomic mass is 9.98. The van der Waals surface area contributed by atoms with E-state index in [-0.39, 0.29) is 5.91 Å². The maximum absolute atomic E-state index is 12.8. The molecule has 1 aromatic carbocycles. The zero-order valence-corrected chi connectivity index (χ0v) is 14.9. The SMILES string of the molecule is Cc1cccc(C(=O)N2CCCCC2CCBr)c1I. The van der Waals surface area contributed by atoms with Gasteiger partial charge in [-0.3, -0.25) is 4.79 Å². The molecule has 4 heteroatoms. The molecule has 1 aliphatic rings. The molecule has 0 saturated carbocycles. The molecule has 0 aromatic heterocycles. The first kappa shape index (κ1) is 15.3. The second-order valence-corrected chi connectivity index (χ2v) is 6.93. The molecule has 19 heavy (non-hydrogen) atoms. The van der Waals surface area contributed by atoms with Gasteiger partial charge in [0, 0.05) is 21.5 Å². The van der Waals surface area contributed by atoms with E-state index < -0.39 is 0 Å². The van der Waals surface area contributed by atoms with E-state index in [1.54, 1.807) is 0 Å². The number of hydrogen-bond acceptors (Lipinski definition) is 1. The minimum atomic E-state index is 0.207. The lowest BCUT2D eigenvalue weighted by Gasteiger charge is -2.36. The van der Waals surface area contributed by atoms with Crippen LogP contribution in [0.15, 0.2) is 18.2 Å². The highest BCUT2D eigenvalue weighted by Gasteiger charge is 2.28. The van der Waals surface area contributed by atoms with Gasteiger partial charge in [0.2, 0.25) is 0 Å². The number of alkyl halides is 1. The summed E-state index contributed by atoms with van der Waals surface area (Å²) in [6.45, 7) is 2.96. The van der Waals surface area contributed by atoms with Gasteiger partial charge in [0.25, 0.3) is 5.91 Å². The Labute approximate surface area is 137 Å². The second-order valence-electron chi connectivity index (χ2n) is 5.06. The van der Waals surface area contributed by atoms with E-state index in [0.29, 0.717) is 6.04 Å². The maximum Gasteiger partial charge on any atom is 0.255 e. The van der Waals surface area contributed by atoms with Crippen LogP contribution >= 0.6 is 38.5 Å². The number of amides is 1. The summed E-state index contributed by atoms with van der Waals surface area (Å²) >= 11 is 5.79. The number of piperidine rings is 1. The second kappa shape index (κ2) is 7.07. The minimum absolute atomic E-state index is 0.207. The van der Waals surface area contributed by atoms with Crippen molar-refractivity contribution in [3.05, 3.63) is 32.9 Å². The summed E-state index contributed by atoms with van der Waals surface area (Å²) < 4.78 is 1.09. The van der Waals surface area contributed by atoms with Crippen LogP contribution in [0.4, 0.5) is 0 Å². The first-order valence-corrected chi connectivity index (χ1v) is 8.97. The van der Waals surface area contributed by atoms with Gasteiger partial charge in [0.05, 0.1) is 5.56 Å². The van der Waals surface area contributed by atoms with Gasteiger partial charge >= 0.3 is 0 Å². The number of aryl methyl sites for hydroxylation is 1. The lowest BCUT2D eigenvalue weighted by molar-refractivity contribution is 0.0609. The van der Waals surface area contributed by atoms with Crippen LogP contribution in [-0.2, 0) is 0 Å². The first-order valence-electron chi connectivity index (χ1n) is 6.77. The number of carbonyl (C=O) groups is 1. The van der Waals surface area contributed by atoms with Gasteiger partial charge in [0.1, 0.15) is 0 Å². The van der Waals surface area contributed by atoms with Crippen molar-refractivity contribution in [3.63, 3.8) is 0 Å². The van der Waals surface area contributed by atoms with Crippen LogP contribution in [0.5, 0.6) is 0 Å². The fourth-order valence-corrected chi connectivity index (χ4v) is 3.78. The Hall–Kier alpha value is -0.100. The molecule has 0 radical (unpaired) electrons. The number of benzene rings is 1. The topological polar surface area (TPSA) is 20.3 Å². The molecule has 2 rings (SSSR count). The number of nitrogens with zero attached hydrogens (tertiary/aromatic N) is 1. The van der Waals surface area contributed by atoms with Crippen LogP contribution in [0.1, 0.15) is 41.6 Å². The molecule has 1 atom stereocenters. The molecule has 0 aliphatic carbocycles. The fourth-order valence-electron chi connectivity index (χ4n) is 2.66. The molecule has 2 nitrogen and oxygen atoms in total. The Kier molecular flexibility index (Phi) is 5.69. The predicted molar refractivity (Wildman–Crippen MR) is 91.0 cm³/mol. The molecule has 0 bridgehead atoms. The number of likely N-dealkylation sites (tertiary alicyclic amines) is 1. The molecule has 1 amide bonds. The average molecular weight is 436 g/mol. The molecule has 1 heterocycles. The van der Waals surface area contributed by atoms with Gasteiger partial charge < -0.3 is 4.90 Å². The van der Waals surface area contributed by atoms with Crippen LogP contribution in [0.3, 0.4) is 0 Å². The van der Waals surface area contributed by atoms with Crippen molar-refractivity contribution in [3.8, 4) is 0 Å². The van der Waals surface area contributed by atoms with Crippen LogP contribution in [0, 0.1) is 10.5 Å². The van der Waals surface area contributed by atoms with Gasteiger partial charge in [-0.2, -0.15) is 0 Å². The standard InChI is InChI=1S/C15H19BrINO/c1-11-5-4-7-13(14(11)17)15(19)18-10-3-2-6-12(18)8-9-16/h4-5,7,12H,2-3,6,8-10H2,1H3. The lowest BCUT2D eigenvalue weighted by Crippen LogP contribution is -2.44. The Morgan fingerprint density at radius 1 is 1.47 bits per heavy atom. The number of rotatable bonds is 3. The monoisotopic (exact) mass is 435 g/mol. The minimum Gasteiger partial charge on any atom is -0.336 e. The smallest absolute Gasteiger partial charge is 0.255 e. The predicted octanol–water partition coefficient (Wildman–Crippen LogP) is 4.38. The Bertz CT molecular complexity index is 461. The van der Waals surface area contributed by atoms with Gasteiger partial charge in [0.15, 0.2) is 0 Å². The summed E-state index contributed by atoms with van der Waals surface area (Å²) in [4.78, 5) is 14.8. The molecule has 104 valence electrons. The highest BCUT2D eigenvalue weighted by molar-refractivity contribution is 14.1. The van der Waals surface area contributed by atoms with E-state index in [4.69, 9.17) is 0 Å². The molecule has 0 spiro atoms. The van der Waals surface area contributed by atoms with E-state index in [2.05, 4.69) is 56.4 Å². The van der Waals surface area contributed by atoms with Crippen LogP contribution < -0.4 is 0 Å². The van der Waals surface area contributed by atoms with Crippen LogP contribution in [-0.4, -0.2) is 28.7 Å². The van der Waals surface area contributed by atoms with Crippen molar-refractivity contribution in [1.29, 1.82) is 0 Å². The molecule has 0 N–H and O–H groups in total. The van der Waals surface area contributed by atoms with Gasteiger partial charge in [-0.25, -0.2) is 0 Å². The number of carbonyl (C=O) groups excluding carboxylic acids is 1. The van der Waals surface area contributed by atoms with Crippen molar-refractivity contribution >= 4 is 44.4 Å². The number of halogens is 2. The van der Waals surface area contributed by atoms with E-state index in [9.17, 15) is 4.79 Å². The van der Waals surface area contributed by atoms with Crippen molar-refractivity contribution in [2.75, 3.05) is 11.9 Å². The normalized spacial score (nSPS) is 19.5. The highest BCUT2D eigenvalue weighted by atomic mass is 127. The zero-order chi connectivity index (χ0) is 13.8. The third-order valence-electron chi connectivity index (χ3n) is 3.75. The van der Waals surface area contributed by atoms with E-state index in [1.165, 1.54) is 12.0 Å². The largest absolute Gasteiger partial charge is 0.336 e. The molecule has 1 aliphatic heterocycles. The van der Waals surface area contributed by atoms with E-state index >= 15 is 0 Å². The molecule has 1 saturated heterocycles. The van der Waals surface area contributed by atoms with Crippen molar-refractivity contribution in [2.45, 2.75) is 38.6 Å². The van der Waals surface area contributed by atoms with E-state index in [1.807, 2.05) is 12.1 Å². The highest BCUT2D eigenvalue weighted by Crippen LogP contribution is 2.25.